The Balaban J connectivity index is 2.05. The Morgan fingerprint density at radius 2 is 1.17 bits per heavy atom. The van der Waals surface area contributed by atoms with Gasteiger partial charge in [-0.05, 0) is 51.0 Å². The number of anilines is 2. The first-order valence-corrected chi connectivity index (χ1v) is 7.70. The van der Waals surface area contributed by atoms with Gasteiger partial charge in [-0.25, -0.2) is 9.97 Å². The number of nitrogens with one attached hydrogen (secondary N) is 2. The molecule has 0 saturated carbocycles. The fourth-order valence-corrected chi connectivity index (χ4v) is 2.57. The summed E-state index contributed by atoms with van der Waals surface area (Å²) >= 11 is 0. The van der Waals surface area contributed by atoms with Crippen LogP contribution in [0.15, 0.2) is 12.1 Å². The minimum absolute atomic E-state index is 0.558. The molecule has 0 saturated heterocycles. The van der Waals surface area contributed by atoms with Crippen molar-refractivity contribution in [2.75, 3.05) is 23.7 Å². The molecule has 0 bridgehead atoms. The molecule has 2 aromatic rings. The number of hydrogen-bond acceptors (Lipinski definition) is 6. The van der Waals surface area contributed by atoms with Gasteiger partial charge in [0.25, 0.3) is 0 Å². The Kier molecular flexibility index (Phi) is 5.34. The maximum Gasteiger partial charge on any atom is 0.144 e. The van der Waals surface area contributed by atoms with Gasteiger partial charge in [0, 0.05) is 24.5 Å². The summed E-state index contributed by atoms with van der Waals surface area (Å²) < 4.78 is 0. The van der Waals surface area contributed by atoms with Gasteiger partial charge >= 0.3 is 0 Å². The molecule has 122 valence electrons. The number of nitriles is 2. The third-order valence-corrected chi connectivity index (χ3v) is 3.62. The van der Waals surface area contributed by atoms with E-state index in [2.05, 4.69) is 32.7 Å². The van der Waals surface area contributed by atoms with Crippen LogP contribution in [0.3, 0.4) is 0 Å². The number of aromatic nitrogens is 2. The Morgan fingerprint density at radius 1 is 0.792 bits per heavy atom. The Hall–Kier alpha value is -3.12. The van der Waals surface area contributed by atoms with Crippen LogP contribution in [-0.2, 0) is 0 Å². The third-order valence-electron chi connectivity index (χ3n) is 3.62. The SMILES string of the molecule is Cc1cc(C)c(C#N)c(NCCNc2nc(C)cc(C)c2C#N)n1. The summed E-state index contributed by atoms with van der Waals surface area (Å²) in [5.74, 6) is 1.18. The zero-order valence-electron chi connectivity index (χ0n) is 14.4. The molecule has 0 aliphatic rings. The van der Waals surface area contributed by atoms with E-state index in [4.69, 9.17) is 0 Å². The van der Waals surface area contributed by atoms with Crippen LogP contribution >= 0.6 is 0 Å². The average Bonchev–Trinajstić information content (AvgIpc) is 2.50. The molecule has 0 unspecified atom stereocenters. The minimum Gasteiger partial charge on any atom is -0.367 e. The summed E-state index contributed by atoms with van der Waals surface area (Å²) in [4.78, 5) is 8.76. The molecular formula is C18H20N6. The maximum atomic E-state index is 9.26. The van der Waals surface area contributed by atoms with Gasteiger partial charge in [-0.2, -0.15) is 10.5 Å². The summed E-state index contributed by atoms with van der Waals surface area (Å²) in [5.41, 5.74) is 4.66. The summed E-state index contributed by atoms with van der Waals surface area (Å²) in [6, 6.07) is 8.14. The molecule has 0 aliphatic carbocycles. The molecule has 0 amide bonds. The highest BCUT2D eigenvalue weighted by Gasteiger charge is 2.09. The van der Waals surface area contributed by atoms with Crippen LogP contribution in [0.4, 0.5) is 11.6 Å². The molecule has 0 atom stereocenters. The van der Waals surface area contributed by atoms with Gasteiger partial charge in [0.15, 0.2) is 0 Å². The molecule has 2 heterocycles. The monoisotopic (exact) mass is 320 g/mol. The molecule has 6 heteroatoms. The lowest BCUT2D eigenvalue weighted by Gasteiger charge is -2.13. The molecule has 0 spiro atoms. The zero-order chi connectivity index (χ0) is 17.7. The number of nitrogens with zero attached hydrogens (tertiary/aromatic N) is 4. The Bertz CT molecular complexity index is 771. The van der Waals surface area contributed by atoms with Crippen molar-refractivity contribution in [3.63, 3.8) is 0 Å². The van der Waals surface area contributed by atoms with Crippen molar-refractivity contribution in [2.24, 2.45) is 0 Å². The summed E-state index contributed by atoms with van der Waals surface area (Å²) in [6.07, 6.45) is 0. The minimum atomic E-state index is 0.558. The van der Waals surface area contributed by atoms with E-state index >= 15 is 0 Å². The first-order chi connectivity index (χ1) is 11.5. The van der Waals surface area contributed by atoms with E-state index < -0.39 is 0 Å². The van der Waals surface area contributed by atoms with Crippen LogP contribution in [0.2, 0.25) is 0 Å². The van der Waals surface area contributed by atoms with Crippen LogP contribution in [0.25, 0.3) is 0 Å². The van der Waals surface area contributed by atoms with Crippen LogP contribution in [0, 0.1) is 50.4 Å². The summed E-state index contributed by atoms with van der Waals surface area (Å²) in [5, 5.41) is 24.9. The Morgan fingerprint density at radius 3 is 1.50 bits per heavy atom. The van der Waals surface area contributed by atoms with Gasteiger partial charge in [0.2, 0.25) is 0 Å². The maximum absolute atomic E-state index is 9.26. The van der Waals surface area contributed by atoms with Gasteiger partial charge in [0.1, 0.15) is 23.8 Å². The average molecular weight is 320 g/mol. The van der Waals surface area contributed by atoms with E-state index in [1.54, 1.807) is 0 Å². The second-order valence-corrected chi connectivity index (χ2v) is 5.69. The topological polar surface area (TPSA) is 97.4 Å². The highest BCUT2D eigenvalue weighted by atomic mass is 15.0. The van der Waals surface area contributed by atoms with Gasteiger partial charge in [-0.1, -0.05) is 0 Å². The fraction of sp³-hybridized carbons (Fsp3) is 0.333. The van der Waals surface area contributed by atoms with E-state index in [0.29, 0.717) is 35.9 Å². The van der Waals surface area contributed by atoms with Crippen LogP contribution < -0.4 is 10.6 Å². The van der Waals surface area contributed by atoms with Crippen molar-refractivity contribution in [1.29, 1.82) is 10.5 Å². The number of rotatable bonds is 5. The lowest BCUT2D eigenvalue weighted by Crippen LogP contribution is -2.17. The molecule has 6 nitrogen and oxygen atoms in total. The van der Waals surface area contributed by atoms with E-state index in [-0.39, 0.29) is 0 Å². The molecule has 24 heavy (non-hydrogen) atoms. The van der Waals surface area contributed by atoms with E-state index in [1.165, 1.54) is 0 Å². The fourth-order valence-electron chi connectivity index (χ4n) is 2.57. The quantitative estimate of drug-likeness (QED) is 0.822. The first-order valence-electron chi connectivity index (χ1n) is 7.70. The molecular weight excluding hydrogens is 300 g/mol. The molecule has 2 rings (SSSR count). The van der Waals surface area contributed by atoms with E-state index in [1.807, 2.05) is 39.8 Å². The molecule has 0 aromatic carbocycles. The largest absolute Gasteiger partial charge is 0.367 e. The van der Waals surface area contributed by atoms with Crippen molar-refractivity contribution in [3.05, 3.63) is 45.8 Å². The molecule has 0 fully saturated rings. The van der Waals surface area contributed by atoms with Crippen molar-refractivity contribution in [3.8, 4) is 12.1 Å². The van der Waals surface area contributed by atoms with Crippen LogP contribution in [-0.4, -0.2) is 23.1 Å². The first kappa shape index (κ1) is 17.2. The van der Waals surface area contributed by atoms with E-state index in [9.17, 15) is 10.5 Å². The van der Waals surface area contributed by atoms with Crippen LogP contribution in [0.1, 0.15) is 33.6 Å². The lowest BCUT2D eigenvalue weighted by molar-refractivity contribution is 1.02. The smallest absolute Gasteiger partial charge is 0.144 e. The second kappa shape index (κ2) is 7.43. The Labute approximate surface area is 142 Å². The number of hydrogen-bond donors (Lipinski definition) is 2. The van der Waals surface area contributed by atoms with Gasteiger partial charge in [-0.15, -0.1) is 0 Å². The normalized spacial score (nSPS) is 9.92. The van der Waals surface area contributed by atoms with Crippen molar-refractivity contribution in [1.82, 2.24) is 9.97 Å². The zero-order valence-corrected chi connectivity index (χ0v) is 14.4. The highest BCUT2D eigenvalue weighted by Crippen LogP contribution is 2.18. The predicted molar refractivity (Wildman–Crippen MR) is 93.8 cm³/mol. The molecule has 2 N–H and O–H groups in total. The van der Waals surface area contributed by atoms with Gasteiger partial charge in [0.05, 0.1) is 11.1 Å². The number of pyridine rings is 2. The second-order valence-electron chi connectivity index (χ2n) is 5.69. The summed E-state index contributed by atoms with van der Waals surface area (Å²) in [7, 11) is 0. The van der Waals surface area contributed by atoms with Crippen molar-refractivity contribution >= 4 is 11.6 Å². The van der Waals surface area contributed by atoms with Crippen molar-refractivity contribution in [2.45, 2.75) is 27.7 Å². The van der Waals surface area contributed by atoms with E-state index in [0.717, 1.165) is 22.5 Å². The lowest BCUT2D eigenvalue weighted by atomic mass is 10.1. The summed E-state index contributed by atoms with van der Waals surface area (Å²) in [6.45, 7) is 8.71. The highest BCUT2D eigenvalue weighted by molar-refractivity contribution is 5.58. The standard InChI is InChI=1S/C18H20N6/c1-11-7-13(3)23-17(15(11)9-19)21-5-6-22-18-16(10-20)12(2)8-14(4)24-18/h7-8H,5-6H2,1-4H3,(H,21,23)(H,22,24). The third kappa shape index (κ3) is 3.80. The predicted octanol–water partition coefficient (Wildman–Crippen LogP) is 2.98. The molecule has 0 radical (unpaired) electrons. The van der Waals surface area contributed by atoms with Gasteiger partial charge < -0.3 is 10.6 Å². The number of aryl methyl sites for hydroxylation is 4. The molecule has 0 aliphatic heterocycles. The van der Waals surface area contributed by atoms with Gasteiger partial charge in [-0.3, -0.25) is 0 Å². The van der Waals surface area contributed by atoms with Crippen LogP contribution in [0.5, 0.6) is 0 Å². The van der Waals surface area contributed by atoms with Crippen molar-refractivity contribution < 1.29 is 0 Å². The molecule has 2 aromatic heterocycles.